The minimum absolute atomic E-state index is 0.154. The monoisotopic (exact) mass is 252 g/mol. The van der Waals surface area contributed by atoms with Gasteiger partial charge in [0.05, 0.1) is 6.61 Å². The van der Waals surface area contributed by atoms with E-state index in [9.17, 15) is 5.11 Å². The van der Waals surface area contributed by atoms with Gasteiger partial charge in [0, 0.05) is 21.3 Å². The van der Waals surface area contributed by atoms with Crippen LogP contribution in [0.4, 0.5) is 0 Å². The number of methoxy groups -OCH3 is 3. The first-order chi connectivity index (χ1) is 7.69. The van der Waals surface area contributed by atoms with E-state index in [0.717, 1.165) is 0 Å². The van der Waals surface area contributed by atoms with Crippen LogP contribution in [0.5, 0.6) is 0 Å². The van der Waals surface area contributed by atoms with Gasteiger partial charge < -0.3 is 24.1 Å². The van der Waals surface area contributed by atoms with Crippen molar-refractivity contribution in [3.05, 3.63) is 0 Å². The highest BCUT2D eigenvalue weighted by molar-refractivity contribution is 7.99. The van der Waals surface area contributed by atoms with Crippen molar-refractivity contribution >= 4 is 11.8 Å². The van der Waals surface area contributed by atoms with Crippen LogP contribution in [0.3, 0.4) is 0 Å². The summed E-state index contributed by atoms with van der Waals surface area (Å²) < 4.78 is 21.3. The highest BCUT2D eigenvalue weighted by atomic mass is 32.2. The number of aliphatic hydroxyl groups excluding tert-OH is 1. The van der Waals surface area contributed by atoms with Gasteiger partial charge in [-0.2, -0.15) is 0 Å². The van der Waals surface area contributed by atoms with Crippen molar-refractivity contribution in [1.29, 1.82) is 0 Å². The van der Waals surface area contributed by atoms with Crippen LogP contribution in [0, 0.1) is 0 Å². The average molecular weight is 252 g/mol. The molecule has 1 heterocycles. The number of hydrogen-bond acceptors (Lipinski definition) is 6. The Morgan fingerprint density at radius 1 is 1.19 bits per heavy atom. The Labute approximate surface area is 100 Å². The Morgan fingerprint density at radius 2 is 1.81 bits per heavy atom. The van der Waals surface area contributed by atoms with Crippen molar-refractivity contribution in [2.75, 3.05) is 34.2 Å². The van der Waals surface area contributed by atoms with Crippen LogP contribution in [0.25, 0.3) is 0 Å². The second kappa shape index (κ2) is 6.78. The number of thioether (sulfide) groups is 1. The third kappa shape index (κ3) is 2.88. The van der Waals surface area contributed by atoms with Gasteiger partial charge in [0.2, 0.25) is 0 Å². The van der Waals surface area contributed by atoms with Crippen LogP contribution in [-0.4, -0.2) is 69.2 Å². The lowest BCUT2D eigenvalue weighted by atomic mass is 10.00. The molecule has 1 saturated heterocycles. The average Bonchev–Trinajstić information content (AvgIpc) is 2.31. The van der Waals surface area contributed by atoms with E-state index in [1.54, 1.807) is 21.3 Å². The fourth-order valence-electron chi connectivity index (χ4n) is 1.90. The van der Waals surface area contributed by atoms with Crippen molar-refractivity contribution in [2.24, 2.45) is 0 Å². The lowest BCUT2D eigenvalue weighted by Gasteiger charge is -2.42. The van der Waals surface area contributed by atoms with Gasteiger partial charge in [-0.15, -0.1) is 11.8 Å². The molecule has 0 saturated carbocycles. The predicted octanol–water partition coefficient (Wildman–Crippen LogP) is 0.112. The molecule has 96 valence electrons. The van der Waals surface area contributed by atoms with Crippen LogP contribution < -0.4 is 0 Å². The number of aliphatic hydroxyl groups is 1. The van der Waals surface area contributed by atoms with Crippen molar-refractivity contribution < 1.29 is 24.1 Å². The van der Waals surface area contributed by atoms with E-state index in [2.05, 4.69) is 0 Å². The summed E-state index contributed by atoms with van der Waals surface area (Å²) in [6, 6.07) is 0. The first-order valence-electron chi connectivity index (χ1n) is 5.10. The van der Waals surface area contributed by atoms with Crippen molar-refractivity contribution in [3.63, 3.8) is 0 Å². The molecular weight excluding hydrogens is 232 g/mol. The zero-order valence-corrected chi connectivity index (χ0v) is 10.9. The molecule has 1 aliphatic rings. The molecule has 0 aromatic rings. The molecule has 16 heavy (non-hydrogen) atoms. The summed E-state index contributed by atoms with van der Waals surface area (Å²) in [4.78, 5) is 0. The molecule has 1 N–H and O–H groups in total. The molecule has 0 aromatic heterocycles. The van der Waals surface area contributed by atoms with Gasteiger partial charge >= 0.3 is 0 Å². The molecule has 0 radical (unpaired) electrons. The van der Waals surface area contributed by atoms with Crippen molar-refractivity contribution in [3.8, 4) is 0 Å². The molecule has 1 aliphatic heterocycles. The van der Waals surface area contributed by atoms with E-state index in [1.165, 1.54) is 11.8 Å². The summed E-state index contributed by atoms with van der Waals surface area (Å²) in [5.74, 6) is 0. The van der Waals surface area contributed by atoms with Gasteiger partial charge in [0.25, 0.3) is 0 Å². The van der Waals surface area contributed by atoms with Gasteiger partial charge in [-0.1, -0.05) is 0 Å². The highest BCUT2D eigenvalue weighted by Crippen LogP contribution is 2.30. The van der Waals surface area contributed by atoms with Crippen molar-refractivity contribution in [1.82, 2.24) is 0 Å². The van der Waals surface area contributed by atoms with Gasteiger partial charge in [-0.3, -0.25) is 0 Å². The summed E-state index contributed by atoms with van der Waals surface area (Å²) in [6.07, 6.45) is 0.155. The number of ether oxygens (including phenoxy) is 4. The quantitative estimate of drug-likeness (QED) is 0.749. The smallest absolute Gasteiger partial charge is 0.132 e. The highest BCUT2D eigenvalue weighted by Gasteiger charge is 2.45. The lowest BCUT2D eigenvalue weighted by Crippen LogP contribution is -2.58. The van der Waals surface area contributed by atoms with E-state index in [4.69, 9.17) is 18.9 Å². The van der Waals surface area contributed by atoms with Crippen molar-refractivity contribution in [2.45, 2.75) is 29.9 Å². The van der Waals surface area contributed by atoms with E-state index in [1.807, 2.05) is 6.26 Å². The Hall–Kier alpha value is 0.150. The summed E-state index contributed by atoms with van der Waals surface area (Å²) in [7, 11) is 4.73. The van der Waals surface area contributed by atoms with E-state index >= 15 is 0 Å². The summed E-state index contributed by atoms with van der Waals surface area (Å²) in [5, 5.41) is 10.1. The zero-order chi connectivity index (χ0) is 12.1. The Bertz CT molecular complexity index is 204. The zero-order valence-electron chi connectivity index (χ0n) is 10.1. The van der Waals surface area contributed by atoms with E-state index in [0.29, 0.717) is 6.61 Å². The molecule has 1 fully saturated rings. The van der Waals surface area contributed by atoms with Gasteiger partial charge in [0.15, 0.2) is 0 Å². The molecule has 0 spiro atoms. The second-order valence-corrected chi connectivity index (χ2v) is 4.56. The summed E-state index contributed by atoms with van der Waals surface area (Å²) in [6.45, 7) is 0.342. The van der Waals surface area contributed by atoms with Crippen LogP contribution >= 0.6 is 11.8 Å². The standard InChI is InChI=1S/C10H20O5S/c1-12-5-6-7(11)8(13-2)9(14-3)10(15-6)16-4/h6-11H,5H2,1-4H3/t6-,7+,8+,9-,10-/m1/s1. The van der Waals surface area contributed by atoms with E-state index in [-0.39, 0.29) is 17.6 Å². The molecular formula is C10H20O5S. The molecule has 0 unspecified atom stereocenters. The summed E-state index contributed by atoms with van der Waals surface area (Å²) >= 11 is 1.54. The molecule has 0 amide bonds. The molecule has 6 heteroatoms. The molecule has 5 nitrogen and oxygen atoms in total. The van der Waals surface area contributed by atoms with Crippen LogP contribution in [0.1, 0.15) is 0 Å². The third-order valence-corrected chi connectivity index (χ3v) is 3.57. The molecule has 0 aliphatic carbocycles. The Kier molecular flexibility index (Phi) is 6.02. The normalized spacial score (nSPS) is 39.9. The predicted molar refractivity (Wildman–Crippen MR) is 61.7 cm³/mol. The maximum absolute atomic E-state index is 10.1. The molecule has 1 rings (SSSR count). The Balaban J connectivity index is 2.76. The van der Waals surface area contributed by atoms with Crippen LogP contribution in [0.15, 0.2) is 0 Å². The maximum atomic E-state index is 10.1. The second-order valence-electron chi connectivity index (χ2n) is 3.63. The van der Waals surface area contributed by atoms with Gasteiger partial charge in [-0.05, 0) is 6.26 Å². The fourth-order valence-corrected chi connectivity index (χ4v) is 2.69. The topological polar surface area (TPSA) is 57.2 Å². The minimum atomic E-state index is -0.738. The minimum Gasteiger partial charge on any atom is -0.387 e. The largest absolute Gasteiger partial charge is 0.387 e. The van der Waals surface area contributed by atoms with Gasteiger partial charge in [0.1, 0.15) is 29.9 Å². The van der Waals surface area contributed by atoms with Gasteiger partial charge in [-0.25, -0.2) is 0 Å². The summed E-state index contributed by atoms with van der Waals surface area (Å²) in [5.41, 5.74) is -0.154. The molecule has 5 atom stereocenters. The first kappa shape index (κ1) is 14.2. The van der Waals surface area contributed by atoms with Crippen LogP contribution in [-0.2, 0) is 18.9 Å². The first-order valence-corrected chi connectivity index (χ1v) is 6.39. The number of hydrogen-bond donors (Lipinski definition) is 1. The third-order valence-electron chi connectivity index (χ3n) is 2.73. The molecule has 0 bridgehead atoms. The molecule has 0 aromatic carbocycles. The Morgan fingerprint density at radius 3 is 2.25 bits per heavy atom. The SMILES string of the molecule is COC[C@H]1O[C@H](SC)[C@H](OC)[C@@H](OC)[C@H]1O. The van der Waals surface area contributed by atoms with Crippen LogP contribution in [0.2, 0.25) is 0 Å². The number of rotatable bonds is 5. The lowest BCUT2D eigenvalue weighted by molar-refractivity contribution is -0.221. The fraction of sp³-hybridized carbons (Fsp3) is 1.00. The van der Waals surface area contributed by atoms with E-state index < -0.39 is 12.2 Å². The maximum Gasteiger partial charge on any atom is 0.132 e.